The molecule has 1 atom stereocenters. The number of amides is 2. The van der Waals surface area contributed by atoms with Crippen molar-refractivity contribution in [3.8, 4) is 0 Å². The molecule has 1 saturated heterocycles. The number of benzene rings is 2. The van der Waals surface area contributed by atoms with Gasteiger partial charge in [0.2, 0.25) is 5.91 Å². The standard InChI is InChI=1S/C22H22BrN3O6/c1-12-4-5-16(9-19(12)26(30)31)25-10-15(8-21(25)28)22(29)32-11-20(27)24-18-7-13(2)17(23)6-14(18)3/h4-7,9,15H,8,10-11H2,1-3H3,(H,24,27)/t15-/m1/s1. The van der Waals surface area contributed by atoms with E-state index in [2.05, 4.69) is 21.2 Å². The van der Waals surface area contributed by atoms with Crippen molar-refractivity contribution >= 4 is 50.8 Å². The van der Waals surface area contributed by atoms with E-state index < -0.39 is 29.3 Å². The molecule has 3 rings (SSSR count). The van der Waals surface area contributed by atoms with E-state index >= 15 is 0 Å². The molecule has 10 heteroatoms. The fourth-order valence-corrected chi connectivity index (χ4v) is 3.89. The minimum absolute atomic E-state index is 0.0323. The van der Waals surface area contributed by atoms with Gasteiger partial charge in [0.25, 0.3) is 11.6 Å². The van der Waals surface area contributed by atoms with Crippen LogP contribution in [0.3, 0.4) is 0 Å². The summed E-state index contributed by atoms with van der Waals surface area (Å²) in [4.78, 5) is 49.0. The molecule has 0 aromatic heterocycles. The number of esters is 1. The zero-order chi connectivity index (χ0) is 23.6. The molecule has 2 aromatic carbocycles. The van der Waals surface area contributed by atoms with E-state index in [0.29, 0.717) is 16.9 Å². The van der Waals surface area contributed by atoms with E-state index in [1.54, 1.807) is 19.1 Å². The number of rotatable bonds is 6. The van der Waals surface area contributed by atoms with Gasteiger partial charge in [-0.15, -0.1) is 0 Å². The van der Waals surface area contributed by atoms with Gasteiger partial charge >= 0.3 is 5.97 Å². The van der Waals surface area contributed by atoms with Crippen LogP contribution >= 0.6 is 15.9 Å². The first-order valence-corrected chi connectivity index (χ1v) is 10.6. The lowest BCUT2D eigenvalue weighted by molar-refractivity contribution is -0.385. The van der Waals surface area contributed by atoms with Crippen LogP contribution in [0, 0.1) is 36.8 Å². The number of nitrogens with one attached hydrogen (secondary N) is 1. The van der Waals surface area contributed by atoms with Crippen molar-refractivity contribution in [1.29, 1.82) is 0 Å². The number of carbonyl (C=O) groups is 3. The van der Waals surface area contributed by atoms with Gasteiger partial charge in [0.05, 0.1) is 16.5 Å². The van der Waals surface area contributed by atoms with Gasteiger partial charge in [0.15, 0.2) is 6.61 Å². The molecule has 1 N–H and O–H groups in total. The number of aryl methyl sites for hydroxylation is 3. The molecule has 0 bridgehead atoms. The minimum Gasteiger partial charge on any atom is -0.455 e. The Morgan fingerprint density at radius 1 is 1.19 bits per heavy atom. The van der Waals surface area contributed by atoms with Gasteiger partial charge in [0, 0.05) is 34.8 Å². The molecule has 9 nitrogen and oxygen atoms in total. The largest absolute Gasteiger partial charge is 0.455 e. The summed E-state index contributed by atoms with van der Waals surface area (Å²) >= 11 is 3.43. The third kappa shape index (κ3) is 5.13. The number of nitrogens with zero attached hydrogens (tertiary/aromatic N) is 2. The van der Waals surface area contributed by atoms with E-state index in [4.69, 9.17) is 4.74 Å². The summed E-state index contributed by atoms with van der Waals surface area (Å²) in [5.41, 5.74) is 3.14. The van der Waals surface area contributed by atoms with Gasteiger partial charge in [-0.1, -0.05) is 22.0 Å². The van der Waals surface area contributed by atoms with Crippen molar-refractivity contribution in [3.05, 3.63) is 61.6 Å². The van der Waals surface area contributed by atoms with Crippen LogP contribution in [0.2, 0.25) is 0 Å². The quantitative estimate of drug-likeness (QED) is 0.363. The molecule has 0 unspecified atom stereocenters. The summed E-state index contributed by atoms with van der Waals surface area (Å²) in [6.45, 7) is 4.90. The topological polar surface area (TPSA) is 119 Å². The van der Waals surface area contributed by atoms with Crippen molar-refractivity contribution in [2.24, 2.45) is 5.92 Å². The first kappa shape index (κ1) is 23.4. The molecule has 2 amide bonds. The molecule has 0 spiro atoms. The van der Waals surface area contributed by atoms with E-state index in [-0.39, 0.29) is 24.6 Å². The van der Waals surface area contributed by atoms with Crippen molar-refractivity contribution < 1.29 is 24.0 Å². The van der Waals surface area contributed by atoms with Crippen LogP contribution in [-0.2, 0) is 19.1 Å². The second-order valence-corrected chi connectivity index (χ2v) is 8.56. The summed E-state index contributed by atoms with van der Waals surface area (Å²) < 4.78 is 6.04. The zero-order valence-corrected chi connectivity index (χ0v) is 19.4. The number of carbonyl (C=O) groups excluding carboxylic acids is 3. The molecular weight excluding hydrogens is 482 g/mol. The first-order chi connectivity index (χ1) is 15.1. The van der Waals surface area contributed by atoms with Crippen LogP contribution in [0.4, 0.5) is 17.1 Å². The fraction of sp³-hybridized carbons (Fsp3) is 0.318. The van der Waals surface area contributed by atoms with Crippen molar-refractivity contribution in [3.63, 3.8) is 0 Å². The maximum absolute atomic E-state index is 12.4. The Morgan fingerprint density at radius 2 is 1.91 bits per heavy atom. The summed E-state index contributed by atoms with van der Waals surface area (Å²) in [5.74, 6) is -2.25. The lowest BCUT2D eigenvalue weighted by Crippen LogP contribution is -2.28. The highest BCUT2D eigenvalue weighted by atomic mass is 79.9. The van der Waals surface area contributed by atoms with E-state index in [1.165, 1.54) is 11.0 Å². The Labute approximate surface area is 193 Å². The minimum atomic E-state index is -0.757. The van der Waals surface area contributed by atoms with Crippen molar-refractivity contribution in [1.82, 2.24) is 0 Å². The molecule has 1 fully saturated rings. The molecule has 1 aliphatic heterocycles. The van der Waals surface area contributed by atoms with Crippen LogP contribution < -0.4 is 10.2 Å². The summed E-state index contributed by atoms with van der Waals surface area (Å²) in [6, 6.07) is 8.17. The SMILES string of the molecule is Cc1cc(NC(=O)COC(=O)[C@@H]2CC(=O)N(c3ccc(C)c([N+](=O)[O-])c3)C2)c(C)cc1Br. The monoisotopic (exact) mass is 503 g/mol. The number of halogens is 1. The Bertz CT molecular complexity index is 1120. The van der Waals surface area contributed by atoms with Crippen LogP contribution in [0.15, 0.2) is 34.8 Å². The molecule has 0 radical (unpaired) electrons. The second kappa shape index (κ2) is 9.47. The van der Waals surface area contributed by atoms with Crippen LogP contribution in [0.5, 0.6) is 0 Å². The third-order valence-electron chi connectivity index (χ3n) is 5.28. The van der Waals surface area contributed by atoms with E-state index in [9.17, 15) is 24.5 Å². The average Bonchev–Trinajstić information content (AvgIpc) is 3.12. The summed E-state index contributed by atoms with van der Waals surface area (Å²) in [5, 5.41) is 13.9. The highest BCUT2D eigenvalue weighted by Crippen LogP contribution is 2.30. The maximum Gasteiger partial charge on any atom is 0.311 e. The number of anilines is 2. The Morgan fingerprint density at radius 3 is 2.59 bits per heavy atom. The second-order valence-electron chi connectivity index (χ2n) is 7.71. The van der Waals surface area contributed by atoms with E-state index in [0.717, 1.165) is 15.6 Å². The number of hydrogen-bond donors (Lipinski definition) is 1. The number of nitro benzene ring substituents is 1. The number of hydrogen-bond acceptors (Lipinski definition) is 6. The Balaban J connectivity index is 1.59. The van der Waals surface area contributed by atoms with Gasteiger partial charge in [-0.25, -0.2) is 0 Å². The molecule has 0 saturated carbocycles. The van der Waals surface area contributed by atoms with Gasteiger partial charge in [-0.3, -0.25) is 24.5 Å². The summed E-state index contributed by atoms with van der Waals surface area (Å²) in [6.07, 6.45) is -0.0901. The highest BCUT2D eigenvalue weighted by Gasteiger charge is 2.37. The zero-order valence-electron chi connectivity index (χ0n) is 17.8. The predicted octanol–water partition coefficient (Wildman–Crippen LogP) is 3.82. The molecule has 2 aromatic rings. The molecule has 1 heterocycles. The smallest absolute Gasteiger partial charge is 0.311 e. The molecule has 32 heavy (non-hydrogen) atoms. The lowest BCUT2D eigenvalue weighted by atomic mass is 10.1. The van der Waals surface area contributed by atoms with Crippen molar-refractivity contribution in [2.75, 3.05) is 23.4 Å². The molecule has 168 valence electrons. The summed E-state index contributed by atoms with van der Waals surface area (Å²) in [7, 11) is 0. The van der Waals surface area contributed by atoms with Gasteiger partial charge in [-0.2, -0.15) is 0 Å². The number of ether oxygens (including phenoxy) is 1. The maximum atomic E-state index is 12.4. The lowest BCUT2D eigenvalue weighted by Gasteiger charge is -2.17. The van der Waals surface area contributed by atoms with Crippen molar-refractivity contribution in [2.45, 2.75) is 27.2 Å². The predicted molar refractivity (Wildman–Crippen MR) is 121 cm³/mol. The van der Waals surface area contributed by atoms with Crippen LogP contribution in [0.1, 0.15) is 23.1 Å². The average molecular weight is 504 g/mol. The molecule has 1 aliphatic rings. The molecule has 0 aliphatic carbocycles. The normalized spacial score (nSPS) is 15.6. The van der Waals surface area contributed by atoms with Gasteiger partial charge < -0.3 is 15.0 Å². The number of nitro groups is 1. The Hall–Kier alpha value is -3.27. The third-order valence-corrected chi connectivity index (χ3v) is 6.14. The Kier molecular flexibility index (Phi) is 6.93. The van der Waals surface area contributed by atoms with Gasteiger partial charge in [-0.05, 0) is 50.1 Å². The highest BCUT2D eigenvalue weighted by molar-refractivity contribution is 9.10. The van der Waals surface area contributed by atoms with Gasteiger partial charge in [0.1, 0.15) is 0 Å². The van der Waals surface area contributed by atoms with Crippen LogP contribution in [0.25, 0.3) is 0 Å². The van der Waals surface area contributed by atoms with E-state index in [1.807, 2.05) is 26.0 Å². The van der Waals surface area contributed by atoms with Crippen LogP contribution in [-0.4, -0.2) is 35.9 Å². The first-order valence-electron chi connectivity index (χ1n) is 9.85. The fourth-order valence-electron chi connectivity index (χ4n) is 3.43. The molecular formula is C22H22BrN3O6.